The van der Waals surface area contributed by atoms with Crippen LogP contribution < -0.4 is 0 Å². The smallest absolute Gasteiger partial charge is 0.410 e. The fourth-order valence-electron chi connectivity index (χ4n) is 4.06. The lowest BCUT2D eigenvalue weighted by Gasteiger charge is -2.33. The number of ether oxygens (including phenoxy) is 1. The average Bonchev–Trinajstić information content (AvgIpc) is 3.29. The van der Waals surface area contributed by atoms with Crippen molar-refractivity contribution in [2.45, 2.75) is 64.0 Å². The molecule has 30 heavy (non-hydrogen) atoms. The summed E-state index contributed by atoms with van der Waals surface area (Å²) in [6, 6.07) is 0.568. The van der Waals surface area contributed by atoms with Gasteiger partial charge in [0.1, 0.15) is 5.60 Å². The third-order valence-electron chi connectivity index (χ3n) is 5.83. The van der Waals surface area contributed by atoms with Crippen molar-refractivity contribution in [3.8, 4) is 11.1 Å². The SMILES string of the molecule is CC(C)(C)OC(=O)N1CCC(c2cnn3cc(-c4cnn(C5CC5)c4)cnc23)CC1. The second-order valence-corrected chi connectivity index (χ2v) is 9.39. The standard InChI is InChI=1S/C22H28N6O2/c1-22(2,3)30-21(29)26-8-6-15(7-9-26)19-12-25-28-14-16(10-23-20(19)28)17-11-24-27(13-17)18-4-5-18/h10-15,18H,4-9H2,1-3H3. The second kappa shape index (κ2) is 7.11. The van der Waals surface area contributed by atoms with Gasteiger partial charge in [0.05, 0.1) is 18.4 Å². The molecule has 3 aromatic heterocycles. The first-order valence-electron chi connectivity index (χ1n) is 10.7. The highest BCUT2D eigenvalue weighted by atomic mass is 16.6. The number of amides is 1. The van der Waals surface area contributed by atoms with Gasteiger partial charge in [-0.15, -0.1) is 0 Å². The Hall–Kier alpha value is -2.90. The lowest BCUT2D eigenvalue weighted by molar-refractivity contribution is 0.0205. The van der Waals surface area contributed by atoms with Crippen LogP contribution in [0.15, 0.2) is 31.0 Å². The molecule has 1 aliphatic carbocycles. The van der Waals surface area contributed by atoms with Crippen LogP contribution in [0.4, 0.5) is 4.79 Å². The van der Waals surface area contributed by atoms with Crippen LogP contribution in [0.5, 0.6) is 0 Å². The monoisotopic (exact) mass is 408 g/mol. The van der Waals surface area contributed by atoms with Crippen LogP contribution in [0.2, 0.25) is 0 Å². The summed E-state index contributed by atoms with van der Waals surface area (Å²) < 4.78 is 9.41. The average molecular weight is 409 g/mol. The molecule has 1 amide bonds. The molecule has 0 radical (unpaired) electrons. The number of nitrogens with zero attached hydrogens (tertiary/aromatic N) is 6. The molecular weight excluding hydrogens is 380 g/mol. The summed E-state index contributed by atoms with van der Waals surface area (Å²) in [7, 11) is 0. The maximum atomic E-state index is 12.3. The number of aromatic nitrogens is 5. The molecule has 8 nitrogen and oxygen atoms in total. The van der Waals surface area contributed by atoms with Crippen LogP contribution in [-0.2, 0) is 4.74 Å². The highest BCUT2D eigenvalue weighted by molar-refractivity contribution is 5.68. The van der Waals surface area contributed by atoms with Gasteiger partial charge >= 0.3 is 6.09 Å². The Balaban J connectivity index is 1.29. The van der Waals surface area contributed by atoms with E-state index in [1.165, 1.54) is 12.8 Å². The topological polar surface area (TPSA) is 77.5 Å². The van der Waals surface area contributed by atoms with E-state index in [4.69, 9.17) is 9.72 Å². The van der Waals surface area contributed by atoms with E-state index in [0.29, 0.717) is 25.0 Å². The van der Waals surface area contributed by atoms with Crippen LogP contribution in [0.3, 0.4) is 0 Å². The van der Waals surface area contributed by atoms with Crippen molar-refractivity contribution >= 4 is 11.7 Å². The van der Waals surface area contributed by atoms with E-state index in [-0.39, 0.29) is 6.09 Å². The first-order valence-corrected chi connectivity index (χ1v) is 10.7. The molecule has 0 spiro atoms. The summed E-state index contributed by atoms with van der Waals surface area (Å²) in [4.78, 5) is 18.8. The minimum atomic E-state index is -0.465. The molecule has 4 heterocycles. The Morgan fingerprint density at radius 1 is 1.00 bits per heavy atom. The molecule has 8 heteroatoms. The number of hydrogen-bond acceptors (Lipinski definition) is 5. The van der Waals surface area contributed by atoms with E-state index in [1.54, 1.807) is 4.90 Å². The fraction of sp³-hybridized carbons (Fsp3) is 0.545. The van der Waals surface area contributed by atoms with E-state index in [2.05, 4.69) is 16.4 Å². The van der Waals surface area contributed by atoms with E-state index < -0.39 is 5.60 Å². The zero-order valence-corrected chi connectivity index (χ0v) is 17.8. The van der Waals surface area contributed by atoms with Gasteiger partial charge in [0.25, 0.3) is 0 Å². The van der Waals surface area contributed by atoms with Crippen molar-refractivity contribution in [3.05, 3.63) is 36.5 Å². The van der Waals surface area contributed by atoms with E-state index in [1.807, 2.05) is 54.8 Å². The predicted molar refractivity (Wildman–Crippen MR) is 112 cm³/mol. The summed E-state index contributed by atoms with van der Waals surface area (Å²) in [5.41, 5.74) is 3.67. The Morgan fingerprint density at radius 2 is 1.73 bits per heavy atom. The number of piperidine rings is 1. The van der Waals surface area contributed by atoms with Gasteiger partial charge < -0.3 is 9.64 Å². The zero-order chi connectivity index (χ0) is 20.9. The van der Waals surface area contributed by atoms with Crippen LogP contribution in [0.25, 0.3) is 16.8 Å². The molecule has 0 bridgehead atoms. The number of fused-ring (bicyclic) bond motifs is 1. The summed E-state index contributed by atoms with van der Waals surface area (Å²) in [5, 5.41) is 9.03. The van der Waals surface area contributed by atoms with Gasteiger partial charge in [-0.3, -0.25) is 4.68 Å². The fourth-order valence-corrected chi connectivity index (χ4v) is 4.06. The van der Waals surface area contributed by atoms with Crippen LogP contribution in [0, 0.1) is 0 Å². The van der Waals surface area contributed by atoms with Gasteiger partial charge in [0.15, 0.2) is 5.65 Å². The maximum absolute atomic E-state index is 12.3. The molecule has 0 atom stereocenters. The Kier molecular flexibility index (Phi) is 4.52. The minimum Gasteiger partial charge on any atom is -0.444 e. The Morgan fingerprint density at radius 3 is 2.43 bits per heavy atom. The molecule has 0 N–H and O–H groups in total. The molecule has 158 valence electrons. The summed E-state index contributed by atoms with van der Waals surface area (Å²) in [6.45, 7) is 7.07. The van der Waals surface area contributed by atoms with Gasteiger partial charge in [-0.05, 0) is 52.4 Å². The normalized spacial score (nSPS) is 18.2. The van der Waals surface area contributed by atoms with E-state index >= 15 is 0 Å². The first-order chi connectivity index (χ1) is 14.4. The third kappa shape index (κ3) is 3.78. The molecule has 3 aromatic rings. The van der Waals surface area contributed by atoms with Crippen molar-refractivity contribution in [1.82, 2.24) is 29.3 Å². The number of carbonyl (C=O) groups is 1. The largest absolute Gasteiger partial charge is 0.444 e. The molecule has 1 saturated carbocycles. The number of rotatable bonds is 3. The molecule has 2 aliphatic rings. The van der Waals surface area contributed by atoms with Crippen molar-refractivity contribution < 1.29 is 9.53 Å². The number of carbonyl (C=O) groups excluding carboxylic acids is 1. The highest BCUT2D eigenvalue weighted by Crippen LogP contribution is 2.35. The zero-order valence-electron chi connectivity index (χ0n) is 17.8. The van der Waals surface area contributed by atoms with Crippen molar-refractivity contribution in [2.24, 2.45) is 0 Å². The molecule has 0 aromatic carbocycles. The van der Waals surface area contributed by atoms with Crippen molar-refractivity contribution in [2.75, 3.05) is 13.1 Å². The molecule has 5 rings (SSSR count). The molecular formula is C22H28N6O2. The van der Waals surface area contributed by atoms with Crippen LogP contribution in [-0.4, -0.2) is 54.1 Å². The van der Waals surface area contributed by atoms with Crippen LogP contribution >= 0.6 is 0 Å². The van der Waals surface area contributed by atoms with Gasteiger partial charge in [-0.1, -0.05) is 0 Å². The third-order valence-corrected chi connectivity index (χ3v) is 5.83. The van der Waals surface area contributed by atoms with Gasteiger partial charge in [-0.2, -0.15) is 10.2 Å². The van der Waals surface area contributed by atoms with Crippen molar-refractivity contribution in [3.63, 3.8) is 0 Å². The van der Waals surface area contributed by atoms with Crippen molar-refractivity contribution in [1.29, 1.82) is 0 Å². The van der Waals surface area contributed by atoms with Gasteiger partial charge in [-0.25, -0.2) is 14.3 Å². The number of hydrogen-bond donors (Lipinski definition) is 0. The number of likely N-dealkylation sites (tertiary alicyclic amines) is 1. The molecule has 2 fully saturated rings. The maximum Gasteiger partial charge on any atom is 0.410 e. The van der Waals surface area contributed by atoms with Crippen LogP contribution in [0.1, 0.15) is 64.0 Å². The minimum absolute atomic E-state index is 0.227. The first kappa shape index (κ1) is 19.1. The van der Waals surface area contributed by atoms with Gasteiger partial charge in [0, 0.05) is 48.4 Å². The lowest BCUT2D eigenvalue weighted by Crippen LogP contribution is -2.41. The molecule has 1 saturated heterocycles. The summed E-state index contributed by atoms with van der Waals surface area (Å²) in [6.07, 6.45) is 13.8. The summed E-state index contributed by atoms with van der Waals surface area (Å²) in [5.74, 6) is 0.345. The summed E-state index contributed by atoms with van der Waals surface area (Å²) >= 11 is 0. The Bertz CT molecular complexity index is 1070. The molecule has 1 aliphatic heterocycles. The van der Waals surface area contributed by atoms with E-state index in [9.17, 15) is 4.79 Å². The second-order valence-electron chi connectivity index (χ2n) is 9.39. The van der Waals surface area contributed by atoms with E-state index in [0.717, 1.165) is 35.2 Å². The Labute approximate surface area is 175 Å². The lowest BCUT2D eigenvalue weighted by atomic mass is 9.91. The highest BCUT2D eigenvalue weighted by Gasteiger charge is 2.29. The quantitative estimate of drug-likeness (QED) is 0.654. The molecule has 0 unspecified atom stereocenters. The van der Waals surface area contributed by atoms with Gasteiger partial charge in [0.2, 0.25) is 0 Å². The predicted octanol–water partition coefficient (Wildman–Crippen LogP) is 4.04.